The normalized spacial score (nSPS) is 21.2. The van der Waals surface area contributed by atoms with Crippen LogP contribution in [0.1, 0.15) is 36.2 Å². The van der Waals surface area contributed by atoms with E-state index < -0.39 is 0 Å². The summed E-state index contributed by atoms with van der Waals surface area (Å²) in [6, 6.07) is 2.70. The van der Waals surface area contributed by atoms with Crippen molar-refractivity contribution < 1.29 is 0 Å². The van der Waals surface area contributed by atoms with E-state index in [0.29, 0.717) is 6.04 Å². The summed E-state index contributed by atoms with van der Waals surface area (Å²) in [6.45, 7) is 3.42. The Morgan fingerprint density at radius 2 is 2.47 bits per heavy atom. The maximum atomic E-state index is 6.12. The Bertz CT molecular complexity index is 364. The molecule has 0 fully saturated rings. The largest absolute Gasteiger partial charge is 0.310 e. The molecule has 1 aromatic heterocycles. The number of halogens is 1. The van der Waals surface area contributed by atoms with Crippen LogP contribution >= 0.6 is 34.7 Å². The van der Waals surface area contributed by atoms with Crippen molar-refractivity contribution in [2.45, 2.75) is 32.2 Å². The standard InChI is InChI=1S/C13H20ClNS2/c1-9(8-16-2)7-15-11-4-3-5-12-10(11)6-13(14)17-12/h6,9,11,15H,3-5,7-8H2,1-2H3. The van der Waals surface area contributed by atoms with E-state index in [0.717, 1.165) is 16.8 Å². The molecule has 96 valence electrons. The molecule has 0 radical (unpaired) electrons. The second kappa shape index (κ2) is 6.46. The third-order valence-corrected chi connectivity index (χ3v) is 5.49. The molecule has 0 saturated heterocycles. The van der Waals surface area contributed by atoms with Crippen molar-refractivity contribution in [3.63, 3.8) is 0 Å². The van der Waals surface area contributed by atoms with Crippen LogP contribution in [0.5, 0.6) is 0 Å². The van der Waals surface area contributed by atoms with Crippen LogP contribution in [0.25, 0.3) is 0 Å². The highest BCUT2D eigenvalue weighted by Crippen LogP contribution is 2.37. The molecule has 2 unspecified atom stereocenters. The van der Waals surface area contributed by atoms with E-state index in [4.69, 9.17) is 11.6 Å². The fraction of sp³-hybridized carbons (Fsp3) is 0.692. The Hall–Kier alpha value is 0.300. The molecule has 0 saturated carbocycles. The van der Waals surface area contributed by atoms with E-state index in [9.17, 15) is 0 Å². The molecule has 2 rings (SSSR count). The van der Waals surface area contributed by atoms with Gasteiger partial charge < -0.3 is 5.32 Å². The molecule has 1 N–H and O–H groups in total. The summed E-state index contributed by atoms with van der Waals surface area (Å²) in [6.07, 6.45) is 5.93. The summed E-state index contributed by atoms with van der Waals surface area (Å²) in [4.78, 5) is 1.50. The topological polar surface area (TPSA) is 12.0 Å². The Morgan fingerprint density at radius 3 is 3.24 bits per heavy atom. The van der Waals surface area contributed by atoms with Gasteiger partial charge in [0.15, 0.2) is 0 Å². The molecule has 1 aliphatic rings. The SMILES string of the molecule is CSCC(C)CNC1CCCc2sc(Cl)cc21. The van der Waals surface area contributed by atoms with E-state index in [-0.39, 0.29) is 0 Å². The molecule has 0 amide bonds. The van der Waals surface area contributed by atoms with E-state index in [1.807, 2.05) is 11.8 Å². The molecule has 1 heterocycles. The molecule has 17 heavy (non-hydrogen) atoms. The Labute approximate surface area is 117 Å². The molecule has 0 bridgehead atoms. The lowest BCUT2D eigenvalue weighted by atomic mass is 9.94. The summed E-state index contributed by atoms with van der Waals surface area (Å²) >= 11 is 9.80. The average molecular weight is 290 g/mol. The highest BCUT2D eigenvalue weighted by molar-refractivity contribution is 7.98. The van der Waals surface area contributed by atoms with Gasteiger partial charge in [-0.2, -0.15) is 11.8 Å². The average Bonchev–Trinajstić information content (AvgIpc) is 2.67. The van der Waals surface area contributed by atoms with E-state index in [1.165, 1.54) is 35.5 Å². The molecule has 0 aliphatic heterocycles. The zero-order valence-corrected chi connectivity index (χ0v) is 12.9. The van der Waals surface area contributed by atoms with Crippen molar-refractivity contribution in [2.24, 2.45) is 5.92 Å². The van der Waals surface area contributed by atoms with Crippen LogP contribution in [-0.2, 0) is 6.42 Å². The van der Waals surface area contributed by atoms with Gasteiger partial charge in [-0.05, 0) is 55.4 Å². The maximum Gasteiger partial charge on any atom is 0.0934 e. The predicted octanol–water partition coefficient (Wildman–Crippen LogP) is 4.37. The van der Waals surface area contributed by atoms with E-state index in [1.54, 1.807) is 11.3 Å². The predicted molar refractivity (Wildman–Crippen MR) is 80.6 cm³/mol. The van der Waals surface area contributed by atoms with Crippen molar-refractivity contribution >= 4 is 34.7 Å². The summed E-state index contributed by atoms with van der Waals surface area (Å²) in [5.74, 6) is 1.97. The zero-order chi connectivity index (χ0) is 12.3. The Morgan fingerprint density at radius 1 is 1.65 bits per heavy atom. The summed E-state index contributed by atoms with van der Waals surface area (Å²) in [5.41, 5.74) is 1.46. The number of thiophene rings is 1. The van der Waals surface area contributed by atoms with Crippen molar-refractivity contribution in [3.8, 4) is 0 Å². The fourth-order valence-corrected chi connectivity index (χ4v) is 4.49. The van der Waals surface area contributed by atoms with Gasteiger partial charge in [-0.3, -0.25) is 0 Å². The van der Waals surface area contributed by atoms with Gasteiger partial charge in [-0.25, -0.2) is 0 Å². The number of aryl methyl sites for hydroxylation is 1. The van der Waals surface area contributed by atoms with Crippen molar-refractivity contribution in [1.29, 1.82) is 0 Å². The minimum Gasteiger partial charge on any atom is -0.310 e. The van der Waals surface area contributed by atoms with Crippen LogP contribution in [-0.4, -0.2) is 18.6 Å². The van der Waals surface area contributed by atoms with Crippen LogP contribution in [0.4, 0.5) is 0 Å². The van der Waals surface area contributed by atoms with Gasteiger partial charge >= 0.3 is 0 Å². The van der Waals surface area contributed by atoms with Crippen molar-refractivity contribution in [1.82, 2.24) is 5.32 Å². The first-order chi connectivity index (χ1) is 8.20. The quantitative estimate of drug-likeness (QED) is 0.864. The lowest BCUT2D eigenvalue weighted by Crippen LogP contribution is -2.29. The van der Waals surface area contributed by atoms with Gasteiger partial charge in [-0.1, -0.05) is 18.5 Å². The van der Waals surface area contributed by atoms with Crippen LogP contribution in [0.15, 0.2) is 6.07 Å². The number of thioether (sulfide) groups is 1. The second-order valence-corrected chi connectivity index (χ2v) is 7.52. The molecule has 0 spiro atoms. The smallest absolute Gasteiger partial charge is 0.0934 e. The molecule has 0 aromatic carbocycles. The first-order valence-corrected chi connectivity index (χ1v) is 8.80. The lowest BCUT2D eigenvalue weighted by Gasteiger charge is -2.25. The van der Waals surface area contributed by atoms with Gasteiger partial charge in [0, 0.05) is 10.9 Å². The Kier molecular flexibility index (Phi) is 5.22. The Balaban J connectivity index is 1.94. The van der Waals surface area contributed by atoms with E-state index >= 15 is 0 Å². The molecule has 1 aromatic rings. The summed E-state index contributed by atoms with van der Waals surface area (Å²) in [7, 11) is 0. The molecule has 1 nitrogen and oxygen atoms in total. The van der Waals surface area contributed by atoms with Crippen molar-refractivity contribution in [2.75, 3.05) is 18.6 Å². The van der Waals surface area contributed by atoms with Gasteiger partial charge in [-0.15, -0.1) is 11.3 Å². The maximum absolute atomic E-state index is 6.12. The number of rotatable bonds is 5. The van der Waals surface area contributed by atoms with Gasteiger partial charge in [0.1, 0.15) is 0 Å². The van der Waals surface area contributed by atoms with E-state index in [2.05, 4.69) is 24.6 Å². The van der Waals surface area contributed by atoms with Crippen LogP contribution < -0.4 is 5.32 Å². The molecular weight excluding hydrogens is 270 g/mol. The lowest BCUT2D eigenvalue weighted by molar-refractivity contribution is 0.432. The van der Waals surface area contributed by atoms with Crippen LogP contribution in [0.2, 0.25) is 4.34 Å². The van der Waals surface area contributed by atoms with Gasteiger partial charge in [0.05, 0.1) is 4.34 Å². The van der Waals surface area contributed by atoms with Gasteiger partial charge in [0.25, 0.3) is 0 Å². The third-order valence-electron chi connectivity index (χ3n) is 3.25. The monoisotopic (exact) mass is 289 g/mol. The summed E-state index contributed by atoms with van der Waals surface area (Å²) < 4.78 is 0.945. The number of fused-ring (bicyclic) bond motifs is 1. The number of hydrogen-bond donors (Lipinski definition) is 1. The number of hydrogen-bond acceptors (Lipinski definition) is 3. The molecule has 2 atom stereocenters. The minimum atomic E-state index is 0.534. The van der Waals surface area contributed by atoms with Crippen LogP contribution in [0, 0.1) is 5.92 Å². The fourth-order valence-electron chi connectivity index (χ4n) is 2.42. The third kappa shape index (κ3) is 3.63. The minimum absolute atomic E-state index is 0.534. The molecule has 1 aliphatic carbocycles. The highest BCUT2D eigenvalue weighted by Gasteiger charge is 2.22. The molecule has 4 heteroatoms. The molecular formula is C13H20ClNS2. The highest BCUT2D eigenvalue weighted by atomic mass is 35.5. The zero-order valence-electron chi connectivity index (χ0n) is 10.5. The van der Waals surface area contributed by atoms with Crippen molar-refractivity contribution in [3.05, 3.63) is 20.8 Å². The number of nitrogens with one attached hydrogen (secondary N) is 1. The first kappa shape index (κ1) is 13.7. The summed E-state index contributed by atoms with van der Waals surface area (Å²) in [5, 5.41) is 3.71. The second-order valence-electron chi connectivity index (χ2n) is 4.84. The first-order valence-electron chi connectivity index (χ1n) is 6.21. The van der Waals surface area contributed by atoms with Crippen LogP contribution in [0.3, 0.4) is 0 Å². The van der Waals surface area contributed by atoms with Gasteiger partial charge in [0.2, 0.25) is 0 Å².